The highest BCUT2D eigenvalue weighted by atomic mass is 35.5. The number of urea groups is 1. The number of amides is 2. The van der Waals surface area contributed by atoms with Gasteiger partial charge in [-0.3, -0.25) is 4.68 Å². The van der Waals surface area contributed by atoms with Crippen molar-refractivity contribution < 1.29 is 4.79 Å². The van der Waals surface area contributed by atoms with Crippen LogP contribution in [-0.2, 0) is 6.54 Å². The molecule has 0 bridgehead atoms. The Morgan fingerprint density at radius 3 is 2.48 bits per heavy atom. The summed E-state index contributed by atoms with van der Waals surface area (Å²) in [7, 11) is 0. The maximum absolute atomic E-state index is 11.7. The normalized spacial score (nSPS) is 10.5. The van der Waals surface area contributed by atoms with Crippen molar-refractivity contribution in [1.29, 1.82) is 0 Å². The quantitative estimate of drug-likeness (QED) is 0.901. The molecule has 0 fully saturated rings. The average Bonchev–Trinajstić information content (AvgIpc) is 2.69. The predicted octanol–water partition coefficient (Wildman–Crippen LogP) is 3.63. The summed E-state index contributed by atoms with van der Waals surface area (Å²) >= 11 is 11.8. The summed E-state index contributed by atoms with van der Waals surface area (Å²) in [6, 6.07) is 6.64. The van der Waals surface area contributed by atoms with E-state index in [0.717, 1.165) is 11.4 Å². The largest absolute Gasteiger partial charge is 0.336 e. The first kappa shape index (κ1) is 15.7. The number of halogens is 2. The molecule has 2 aromatic rings. The fraction of sp³-hybridized carbons (Fsp3) is 0.286. The number of anilines is 1. The van der Waals surface area contributed by atoms with E-state index in [1.165, 1.54) is 0 Å². The highest BCUT2D eigenvalue weighted by Gasteiger charge is 2.09. The number of carbonyl (C=O) groups excluding carboxylic acids is 1. The van der Waals surface area contributed by atoms with E-state index in [2.05, 4.69) is 15.7 Å². The Morgan fingerprint density at radius 2 is 1.90 bits per heavy atom. The summed E-state index contributed by atoms with van der Waals surface area (Å²) in [5, 5.41) is 11.1. The summed E-state index contributed by atoms with van der Waals surface area (Å²) in [5.74, 6) is 0. The number of rotatable bonds is 4. The molecule has 112 valence electrons. The third kappa shape index (κ3) is 4.12. The van der Waals surface area contributed by atoms with E-state index in [1.54, 1.807) is 28.9 Å². The van der Waals surface area contributed by atoms with Crippen LogP contribution in [0.25, 0.3) is 0 Å². The SMILES string of the molecule is Cc1nn(CCNC(=O)Nc2ccc(Cl)cc2)c(C)c1Cl. The molecule has 0 unspecified atom stereocenters. The second-order valence-corrected chi connectivity index (χ2v) is 5.41. The summed E-state index contributed by atoms with van der Waals surface area (Å²) in [5.41, 5.74) is 2.37. The number of benzene rings is 1. The van der Waals surface area contributed by atoms with Crippen LogP contribution < -0.4 is 10.6 Å². The van der Waals surface area contributed by atoms with Crippen LogP contribution in [0.3, 0.4) is 0 Å². The Balaban J connectivity index is 1.81. The van der Waals surface area contributed by atoms with Crippen molar-refractivity contribution in [2.75, 3.05) is 11.9 Å². The molecule has 0 saturated carbocycles. The van der Waals surface area contributed by atoms with Crippen LogP contribution in [0.1, 0.15) is 11.4 Å². The summed E-state index contributed by atoms with van der Waals surface area (Å²) in [6.45, 7) is 4.77. The average molecular weight is 327 g/mol. The Bertz CT molecular complexity index is 637. The van der Waals surface area contributed by atoms with Crippen molar-refractivity contribution in [3.05, 3.63) is 45.7 Å². The molecule has 5 nitrogen and oxygen atoms in total. The number of nitrogens with one attached hydrogen (secondary N) is 2. The molecule has 2 amide bonds. The molecule has 1 aromatic carbocycles. The number of hydrogen-bond acceptors (Lipinski definition) is 2. The minimum atomic E-state index is -0.273. The molecule has 0 atom stereocenters. The highest BCUT2D eigenvalue weighted by Crippen LogP contribution is 2.18. The van der Waals surface area contributed by atoms with Crippen LogP contribution in [0, 0.1) is 13.8 Å². The zero-order valence-electron chi connectivity index (χ0n) is 11.8. The molecule has 1 heterocycles. The monoisotopic (exact) mass is 326 g/mol. The van der Waals surface area contributed by atoms with Gasteiger partial charge in [0.2, 0.25) is 0 Å². The molecule has 7 heteroatoms. The molecule has 0 aliphatic heterocycles. The second kappa shape index (κ2) is 6.83. The van der Waals surface area contributed by atoms with Gasteiger partial charge in [-0.1, -0.05) is 23.2 Å². The van der Waals surface area contributed by atoms with Gasteiger partial charge in [0.05, 0.1) is 23.0 Å². The molecule has 21 heavy (non-hydrogen) atoms. The number of hydrogen-bond donors (Lipinski definition) is 2. The van der Waals surface area contributed by atoms with E-state index in [1.807, 2.05) is 13.8 Å². The fourth-order valence-electron chi connectivity index (χ4n) is 1.88. The van der Waals surface area contributed by atoms with Gasteiger partial charge in [-0.15, -0.1) is 0 Å². The molecule has 2 rings (SSSR count). The first-order chi connectivity index (χ1) is 9.97. The van der Waals surface area contributed by atoms with Gasteiger partial charge < -0.3 is 10.6 Å². The standard InChI is InChI=1S/C14H16Cl2N4O/c1-9-13(16)10(2)20(19-9)8-7-17-14(21)18-12-5-3-11(15)4-6-12/h3-6H,7-8H2,1-2H3,(H2,17,18,21). The first-order valence-electron chi connectivity index (χ1n) is 6.47. The topological polar surface area (TPSA) is 59.0 Å². The van der Waals surface area contributed by atoms with E-state index >= 15 is 0 Å². The zero-order chi connectivity index (χ0) is 15.4. The Labute approximate surface area is 133 Å². The van der Waals surface area contributed by atoms with Crippen molar-refractivity contribution >= 4 is 34.9 Å². The predicted molar refractivity (Wildman–Crippen MR) is 85.2 cm³/mol. The molecular formula is C14H16Cl2N4O. The maximum atomic E-state index is 11.7. The molecule has 0 radical (unpaired) electrons. The minimum absolute atomic E-state index is 0.273. The number of aromatic nitrogens is 2. The van der Waals surface area contributed by atoms with Gasteiger partial charge in [-0.05, 0) is 38.1 Å². The van der Waals surface area contributed by atoms with Crippen LogP contribution in [-0.4, -0.2) is 22.4 Å². The van der Waals surface area contributed by atoms with Gasteiger partial charge >= 0.3 is 6.03 Å². The molecule has 0 aliphatic carbocycles. The third-order valence-corrected chi connectivity index (χ3v) is 3.80. The van der Waals surface area contributed by atoms with Gasteiger partial charge in [-0.25, -0.2) is 4.79 Å². The first-order valence-corrected chi connectivity index (χ1v) is 7.23. The smallest absolute Gasteiger partial charge is 0.319 e. The van der Waals surface area contributed by atoms with E-state index in [9.17, 15) is 4.79 Å². The van der Waals surface area contributed by atoms with Crippen LogP contribution in [0.2, 0.25) is 10.0 Å². The fourth-order valence-corrected chi connectivity index (χ4v) is 2.14. The number of aryl methyl sites for hydroxylation is 1. The van der Waals surface area contributed by atoms with Crippen molar-refractivity contribution in [2.45, 2.75) is 20.4 Å². The zero-order valence-corrected chi connectivity index (χ0v) is 13.3. The molecule has 0 saturated heterocycles. The Kier molecular flexibility index (Phi) is 5.09. The Morgan fingerprint density at radius 1 is 1.24 bits per heavy atom. The second-order valence-electron chi connectivity index (χ2n) is 4.60. The van der Waals surface area contributed by atoms with Gasteiger partial charge in [0.15, 0.2) is 0 Å². The summed E-state index contributed by atoms with van der Waals surface area (Å²) in [4.78, 5) is 11.7. The molecule has 0 spiro atoms. The molecule has 0 aliphatic rings. The number of carbonyl (C=O) groups is 1. The van der Waals surface area contributed by atoms with Crippen molar-refractivity contribution in [1.82, 2.24) is 15.1 Å². The van der Waals surface area contributed by atoms with Gasteiger partial charge in [-0.2, -0.15) is 5.10 Å². The molecular weight excluding hydrogens is 311 g/mol. The van der Waals surface area contributed by atoms with E-state index in [0.29, 0.717) is 28.8 Å². The lowest BCUT2D eigenvalue weighted by atomic mass is 10.3. The minimum Gasteiger partial charge on any atom is -0.336 e. The van der Waals surface area contributed by atoms with E-state index < -0.39 is 0 Å². The van der Waals surface area contributed by atoms with Crippen LogP contribution in [0.15, 0.2) is 24.3 Å². The van der Waals surface area contributed by atoms with E-state index in [4.69, 9.17) is 23.2 Å². The summed E-state index contributed by atoms with van der Waals surface area (Å²) < 4.78 is 1.78. The molecule has 2 N–H and O–H groups in total. The Hall–Kier alpha value is -1.72. The van der Waals surface area contributed by atoms with Crippen molar-refractivity contribution in [3.63, 3.8) is 0 Å². The third-order valence-electron chi connectivity index (χ3n) is 3.00. The molecule has 1 aromatic heterocycles. The van der Waals surface area contributed by atoms with Gasteiger partial charge in [0, 0.05) is 17.3 Å². The highest BCUT2D eigenvalue weighted by molar-refractivity contribution is 6.31. The lowest BCUT2D eigenvalue weighted by Gasteiger charge is -2.08. The number of nitrogens with zero attached hydrogens (tertiary/aromatic N) is 2. The van der Waals surface area contributed by atoms with Crippen LogP contribution in [0.4, 0.5) is 10.5 Å². The lowest BCUT2D eigenvalue weighted by Crippen LogP contribution is -2.31. The lowest BCUT2D eigenvalue weighted by molar-refractivity contribution is 0.251. The van der Waals surface area contributed by atoms with Crippen LogP contribution >= 0.6 is 23.2 Å². The maximum Gasteiger partial charge on any atom is 0.319 e. The van der Waals surface area contributed by atoms with Crippen molar-refractivity contribution in [2.24, 2.45) is 0 Å². The van der Waals surface area contributed by atoms with Crippen molar-refractivity contribution in [3.8, 4) is 0 Å². The van der Waals surface area contributed by atoms with Gasteiger partial charge in [0.1, 0.15) is 0 Å². The summed E-state index contributed by atoms with van der Waals surface area (Å²) in [6.07, 6.45) is 0. The van der Waals surface area contributed by atoms with Crippen LogP contribution in [0.5, 0.6) is 0 Å². The van der Waals surface area contributed by atoms with E-state index in [-0.39, 0.29) is 6.03 Å². The van der Waals surface area contributed by atoms with Gasteiger partial charge in [0.25, 0.3) is 0 Å².